The second-order valence-electron chi connectivity index (χ2n) is 3.81. The molecule has 6 heteroatoms. The van der Waals surface area contributed by atoms with E-state index in [4.69, 9.17) is 14.2 Å². The summed E-state index contributed by atoms with van der Waals surface area (Å²) in [4.78, 5) is 0. The van der Waals surface area contributed by atoms with Crippen LogP contribution in [0, 0.1) is 11.3 Å². The van der Waals surface area contributed by atoms with Crippen molar-refractivity contribution < 1.29 is 17.3 Å². The molecule has 0 bridgehead atoms. The van der Waals surface area contributed by atoms with Crippen molar-refractivity contribution >= 4 is 10.1 Å². The summed E-state index contributed by atoms with van der Waals surface area (Å²) in [6.45, 7) is 1.84. The van der Waals surface area contributed by atoms with Crippen molar-refractivity contribution in [3.05, 3.63) is 42.0 Å². The molecular formula is C13H15NO4S. The molecular weight excluding hydrogens is 266 g/mol. The fraction of sp³-hybridized carbons (Fsp3) is 0.308. The Morgan fingerprint density at radius 3 is 2.47 bits per heavy atom. The number of nitrogens with zero attached hydrogens (tertiary/aromatic N) is 1. The van der Waals surface area contributed by atoms with Gasteiger partial charge < -0.3 is 4.74 Å². The first-order valence-corrected chi connectivity index (χ1v) is 7.40. The van der Waals surface area contributed by atoms with Crippen LogP contribution in [-0.2, 0) is 14.3 Å². The minimum absolute atomic E-state index is 0.0727. The molecule has 0 saturated heterocycles. The van der Waals surface area contributed by atoms with E-state index in [1.54, 1.807) is 43.3 Å². The topological polar surface area (TPSA) is 76.4 Å². The molecule has 0 amide bonds. The lowest BCUT2D eigenvalue weighted by atomic mass is 10.2. The third kappa shape index (κ3) is 6.04. The molecule has 0 aliphatic rings. The molecule has 0 aliphatic carbocycles. The van der Waals surface area contributed by atoms with E-state index in [0.717, 1.165) is 6.26 Å². The predicted molar refractivity (Wildman–Crippen MR) is 71.2 cm³/mol. The average Bonchev–Trinajstić information content (AvgIpc) is 2.35. The smallest absolute Gasteiger partial charge is 0.265 e. The molecule has 0 radical (unpaired) electrons. The lowest BCUT2D eigenvalue weighted by Crippen LogP contribution is -2.22. The fourth-order valence-electron chi connectivity index (χ4n) is 1.36. The number of allylic oxidation sites excluding steroid dienone is 1. The molecule has 1 aromatic rings. The predicted octanol–water partition coefficient (Wildman–Crippen LogP) is 1.86. The molecule has 0 spiro atoms. The number of ether oxygens (including phenoxy) is 1. The van der Waals surface area contributed by atoms with Crippen LogP contribution >= 0.6 is 0 Å². The maximum Gasteiger partial charge on any atom is 0.265 e. The Morgan fingerprint density at radius 1 is 1.37 bits per heavy atom. The van der Waals surface area contributed by atoms with Crippen molar-refractivity contribution in [2.45, 2.75) is 13.0 Å². The first-order valence-electron chi connectivity index (χ1n) is 5.58. The highest BCUT2D eigenvalue weighted by atomic mass is 32.2. The molecule has 0 aliphatic heterocycles. The van der Waals surface area contributed by atoms with Crippen molar-refractivity contribution in [1.82, 2.24) is 0 Å². The number of rotatable bonds is 6. The monoisotopic (exact) mass is 281 g/mol. The number of hydrogen-bond acceptors (Lipinski definition) is 5. The molecule has 19 heavy (non-hydrogen) atoms. The van der Waals surface area contributed by atoms with Crippen LogP contribution in [0.3, 0.4) is 0 Å². The minimum atomic E-state index is -3.53. The van der Waals surface area contributed by atoms with Crippen LogP contribution in [-0.4, -0.2) is 27.4 Å². The van der Waals surface area contributed by atoms with Crippen LogP contribution in [0.5, 0.6) is 5.75 Å². The summed E-state index contributed by atoms with van der Waals surface area (Å²) < 4.78 is 32.4. The highest BCUT2D eigenvalue weighted by Gasteiger charge is 2.13. The highest BCUT2D eigenvalue weighted by molar-refractivity contribution is 7.86. The van der Waals surface area contributed by atoms with Gasteiger partial charge in [-0.2, -0.15) is 13.7 Å². The molecule has 0 aromatic heterocycles. The van der Waals surface area contributed by atoms with E-state index in [0.29, 0.717) is 11.3 Å². The Bertz CT molecular complexity index is 570. The standard InChI is InChI=1S/C13H15NO4S/c1-3-4-13(18-19(2,15)16)10-17-12-7-5-11(9-14)6-8-12/h3-8,13H,10H2,1-2H3. The van der Waals surface area contributed by atoms with Gasteiger partial charge in [0.25, 0.3) is 10.1 Å². The Hall–Kier alpha value is -1.84. The van der Waals surface area contributed by atoms with Gasteiger partial charge in [-0.3, -0.25) is 4.18 Å². The van der Waals surface area contributed by atoms with Gasteiger partial charge in [-0.25, -0.2) is 0 Å². The maximum atomic E-state index is 11.1. The van der Waals surface area contributed by atoms with Crippen molar-refractivity contribution in [3.63, 3.8) is 0 Å². The van der Waals surface area contributed by atoms with E-state index < -0.39 is 16.2 Å². The summed E-state index contributed by atoms with van der Waals surface area (Å²) in [5.41, 5.74) is 0.532. The Labute approximate surface area is 113 Å². The molecule has 1 rings (SSSR count). The second kappa shape index (κ2) is 6.92. The van der Waals surface area contributed by atoms with Gasteiger partial charge in [-0.05, 0) is 31.2 Å². The van der Waals surface area contributed by atoms with Gasteiger partial charge in [-0.1, -0.05) is 12.2 Å². The zero-order valence-electron chi connectivity index (χ0n) is 10.7. The molecule has 0 saturated carbocycles. The van der Waals surface area contributed by atoms with Gasteiger partial charge in [0.05, 0.1) is 17.9 Å². The van der Waals surface area contributed by atoms with Gasteiger partial charge >= 0.3 is 0 Å². The summed E-state index contributed by atoms with van der Waals surface area (Å²) in [7, 11) is -3.53. The van der Waals surface area contributed by atoms with Crippen molar-refractivity contribution in [2.24, 2.45) is 0 Å². The van der Waals surface area contributed by atoms with E-state index in [1.165, 1.54) is 0 Å². The van der Waals surface area contributed by atoms with Crippen molar-refractivity contribution in [3.8, 4) is 11.8 Å². The van der Waals surface area contributed by atoms with Gasteiger partial charge in [0.2, 0.25) is 0 Å². The fourth-order valence-corrected chi connectivity index (χ4v) is 1.93. The highest BCUT2D eigenvalue weighted by Crippen LogP contribution is 2.13. The van der Waals surface area contributed by atoms with E-state index in [9.17, 15) is 8.42 Å². The summed E-state index contributed by atoms with van der Waals surface area (Å²) in [5.74, 6) is 0.547. The summed E-state index contributed by atoms with van der Waals surface area (Å²) in [6.07, 6.45) is 3.61. The third-order valence-corrected chi connectivity index (χ3v) is 2.70. The van der Waals surface area contributed by atoms with Crippen molar-refractivity contribution in [1.29, 1.82) is 5.26 Å². The van der Waals surface area contributed by atoms with E-state index >= 15 is 0 Å². The number of nitriles is 1. The van der Waals surface area contributed by atoms with Crippen molar-refractivity contribution in [2.75, 3.05) is 12.9 Å². The molecule has 0 heterocycles. The molecule has 5 nitrogen and oxygen atoms in total. The molecule has 0 N–H and O–H groups in total. The van der Waals surface area contributed by atoms with Gasteiger partial charge in [-0.15, -0.1) is 0 Å². The Kier molecular flexibility index (Phi) is 5.55. The molecule has 102 valence electrons. The summed E-state index contributed by atoms with van der Waals surface area (Å²) >= 11 is 0. The Balaban J connectivity index is 2.63. The lowest BCUT2D eigenvalue weighted by Gasteiger charge is -2.13. The van der Waals surface area contributed by atoms with Crippen LogP contribution in [0.1, 0.15) is 12.5 Å². The number of benzene rings is 1. The minimum Gasteiger partial charge on any atom is -0.490 e. The summed E-state index contributed by atoms with van der Waals surface area (Å²) in [6, 6.07) is 8.53. The van der Waals surface area contributed by atoms with Crippen LogP contribution in [0.25, 0.3) is 0 Å². The maximum absolute atomic E-state index is 11.1. The largest absolute Gasteiger partial charge is 0.490 e. The Morgan fingerprint density at radius 2 is 2.00 bits per heavy atom. The third-order valence-electron chi connectivity index (χ3n) is 2.10. The summed E-state index contributed by atoms with van der Waals surface area (Å²) in [5, 5.41) is 8.66. The first-order chi connectivity index (χ1) is 8.94. The van der Waals surface area contributed by atoms with Gasteiger partial charge in [0.15, 0.2) is 0 Å². The molecule has 1 atom stereocenters. The average molecular weight is 281 g/mol. The van der Waals surface area contributed by atoms with Gasteiger partial charge in [0, 0.05) is 0 Å². The zero-order chi connectivity index (χ0) is 14.3. The van der Waals surface area contributed by atoms with Crippen LogP contribution < -0.4 is 4.74 Å². The quantitative estimate of drug-likeness (QED) is 0.587. The zero-order valence-corrected chi connectivity index (χ0v) is 11.6. The first kappa shape index (κ1) is 15.2. The molecule has 0 fully saturated rings. The normalized spacial score (nSPS) is 13.1. The second-order valence-corrected chi connectivity index (χ2v) is 5.41. The van der Waals surface area contributed by atoms with Crippen LogP contribution in [0.4, 0.5) is 0 Å². The lowest BCUT2D eigenvalue weighted by molar-refractivity contribution is 0.170. The van der Waals surface area contributed by atoms with Crippen LogP contribution in [0.15, 0.2) is 36.4 Å². The van der Waals surface area contributed by atoms with E-state index in [2.05, 4.69) is 0 Å². The van der Waals surface area contributed by atoms with E-state index in [1.807, 2.05) is 6.07 Å². The molecule has 1 unspecified atom stereocenters. The van der Waals surface area contributed by atoms with Gasteiger partial charge in [0.1, 0.15) is 18.5 Å². The number of hydrogen-bond donors (Lipinski definition) is 0. The van der Waals surface area contributed by atoms with Crippen LogP contribution in [0.2, 0.25) is 0 Å². The molecule has 1 aromatic carbocycles. The van der Waals surface area contributed by atoms with E-state index in [-0.39, 0.29) is 6.61 Å². The SMILES string of the molecule is CC=CC(COc1ccc(C#N)cc1)OS(C)(=O)=O.